The first kappa shape index (κ1) is 12.5. The van der Waals surface area contributed by atoms with Crippen molar-refractivity contribution in [2.45, 2.75) is 6.04 Å². The van der Waals surface area contributed by atoms with Crippen LogP contribution in [0.5, 0.6) is 5.75 Å². The van der Waals surface area contributed by atoms with Gasteiger partial charge in [0.1, 0.15) is 11.8 Å². The van der Waals surface area contributed by atoms with Crippen LogP contribution in [-0.2, 0) is 9.53 Å². The Labute approximate surface area is 94.5 Å². The van der Waals surface area contributed by atoms with Crippen molar-refractivity contribution in [1.82, 2.24) is 0 Å². The number of ether oxygens (including phenoxy) is 2. The summed E-state index contributed by atoms with van der Waals surface area (Å²) >= 11 is 0. The Morgan fingerprint density at radius 2 is 2.00 bits per heavy atom. The number of hydrogen-bond donors (Lipinski definition) is 2. The highest BCUT2D eigenvalue weighted by atomic mass is 16.5. The molecule has 1 atom stereocenters. The van der Waals surface area contributed by atoms with Gasteiger partial charge in [-0.15, -0.1) is 0 Å². The summed E-state index contributed by atoms with van der Waals surface area (Å²) in [6, 6.07) is 6.36. The lowest BCUT2D eigenvalue weighted by molar-refractivity contribution is -0.118. The zero-order valence-corrected chi connectivity index (χ0v) is 9.40. The van der Waals surface area contributed by atoms with Gasteiger partial charge in [-0.25, -0.2) is 0 Å². The van der Waals surface area contributed by atoms with Crippen LogP contribution in [0.4, 0.5) is 5.69 Å². The maximum Gasteiger partial charge on any atom is 0.243 e. The molecule has 5 nitrogen and oxygen atoms in total. The second-order valence-electron chi connectivity index (χ2n) is 3.28. The molecule has 0 radical (unpaired) electrons. The highest BCUT2D eigenvalue weighted by Crippen LogP contribution is 2.14. The second-order valence-corrected chi connectivity index (χ2v) is 3.28. The highest BCUT2D eigenvalue weighted by Gasteiger charge is 2.12. The second kappa shape index (κ2) is 6.09. The maximum absolute atomic E-state index is 11.5. The van der Waals surface area contributed by atoms with Gasteiger partial charge in [0, 0.05) is 12.8 Å². The van der Waals surface area contributed by atoms with Crippen LogP contribution in [0.2, 0.25) is 0 Å². The molecule has 1 aromatic carbocycles. The molecule has 0 aliphatic rings. The summed E-state index contributed by atoms with van der Waals surface area (Å²) in [5.74, 6) is 0.464. The molecule has 88 valence electrons. The molecular formula is C11H16N2O3. The smallest absolute Gasteiger partial charge is 0.243 e. The van der Waals surface area contributed by atoms with Gasteiger partial charge < -0.3 is 20.5 Å². The molecule has 0 bridgehead atoms. The van der Waals surface area contributed by atoms with E-state index in [1.807, 2.05) is 0 Å². The topological polar surface area (TPSA) is 73.6 Å². The van der Waals surface area contributed by atoms with Crippen LogP contribution in [-0.4, -0.2) is 32.8 Å². The number of methoxy groups -OCH3 is 2. The molecule has 0 heterocycles. The number of carbonyl (C=O) groups is 1. The van der Waals surface area contributed by atoms with Crippen LogP contribution < -0.4 is 15.8 Å². The van der Waals surface area contributed by atoms with E-state index in [1.54, 1.807) is 31.4 Å². The monoisotopic (exact) mass is 224 g/mol. The first-order chi connectivity index (χ1) is 7.67. The molecule has 0 saturated heterocycles. The van der Waals surface area contributed by atoms with Crippen LogP contribution in [0.3, 0.4) is 0 Å². The van der Waals surface area contributed by atoms with Gasteiger partial charge in [0.25, 0.3) is 0 Å². The minimum Gasteiger partial charge on any atom is -0.497 e. The Bertz CT molecular complexity index is 338. The summed E-state index contributed by atoms with van der Waals surface area (Å²) < 4.78 is 9.80. The number of anilines is 1. The number of nitrogens with two attached hydrogens (primary N) is 1. The minimum absolute atomic E-state index is 0.196. The van der Waals surface area contributed by atoms with Gasteiger partial charge in [0.2, 0.25) is 5.91 Å². The molecule has 0 aliphatic heterocycles. The number of carbonyl (C=O) groups excluding carboxylic acids is 1. The molecule has 0 fully saturated rings. The lowest BCUT2D eigenvalue weighted by Gasteiger charge is -2.11. The molecule has 0 spiro atoms. The van der Waals surface area contributed by atoms with Crippen molar-refractivity contribution in [2.75, 3.05) is 26.1 Å². The van der Waals surface area contributed by atoms with Gasteiger partial charge >= 0.3 is 0 Å². The van der Waals surface area contributed by atoms with Crippen molar-refractivity contribution in [3.05, 3.63) is 24.3 Å². The summed E-state index contributed by atoms with van der Waals surface area (Å²) in [6.45, 7) is 0.196. The zero-order valence-electron chi connectivity index (χ0n) is 9.40. The van der Waals surface area contributed by atoms with E-state index in [-0.39, 0.29) is 12.5 Å². The number of nitrogens with one attached hydrogen (secondary N) is 1. The predicted octanol–water partition coefficient (Wildman–Crippen LogP) is 0.607. The zero-order chi connectivity index (χ0) is 12.0. The van der Waals surface area contributed by atoms with E-state index in [0.717, 1.165) is 5.75 Å². The van der Waals surface area contributed by atoms with E-state index >= 15 is 0 Å². The van der Waals surface area contributed by atoms with Crippen molar-refractivity contribution in [2.24, 2.45) is 5.73 Å². The van der Waals surface area contributed by atoms with Gasteiger partial charge in [-0.05, 0) is 24.3 Å². The molecule has 3 N–H and O–H groups in total. The van der Waals surface area contributed by atoms with Crippen molar-refractivity contribution in [3.63, 3.8) is 0 Å². The third-order valence-electron chi connectivity index (χ3n) is 2.04. The van der Waals surface area contributed by atoms with E-state index in [9.17, 15) is 4.79 Å². The first-order valence-corrected chi connectivity index (χ1v) is 4.87. The Kier molecular flexibility index (Phi) is 4.75. The minimum atomic E-state index is -0.660. The SMILES string of the molecule is COCC(N)C(=O)Nc1ccc(OC)cc1. The molecule has 0 aliphatic carbocycles. The van der Waals surface area contributed by atoms with Crippen molar-refractivity contribution in [3.8, 4) is 5.75 Å². The van der Waals surface area contributed by atoms with E-state index in [1.165, 1.54) is 7.11 Å². The van der Waals surface area contributed by atoms with Crippen molar-refractivity contribution in [1.29, 1.82) is 0 Å². The highest BCUT2D eigenvalue weighted by molar-refractivity contribution is 5.94. The normalized spacial score (nSPS) is 11.9. The van der Waals surface area contributed by atoms with E-state index in [4.69, 9.17) is 15.2 Å². The van der Waals surface area contributed by atoms with Gasteiger partial charge in [-0.3, -0.25) is 4.79 Å². The molecule has 0 saturated carbocycles. The lowest BCUT2D eigenvalue weighted by atomic mass is 10.2. The van der Waals surface area contributed by atoms with Crippen LogP contribution in [0.15, 0.2) is 24.3 Å². The molecule has 0 aromatic heterocycles. The fraction of sp³-hybridized carbons (Fsp3) is 0.364. The molecule has 1 unspecified atom stereocenters. The van der Waals surface area contributed by atoms with Crippen LogP contribution >= 0.6 is 0 Å². The molecule has 16 heavy (non-hydrogen) atoms. The average molecular weight is 224 g/mol. The Morgan fingerprint density at radius 3 is 2.50 bits per heavy atom. The van der Waals surface area contributed by atoms with Gasteiger partial charge in [-0.1, -0.05) is 0 Å². The summed E-state index contributed by atoms with van der Waals surface area (Å²) in [4.78, 5) is 11.5. The fourth-order valence-corrected chi connectivity index (χ4v) is 1.16. The van der Waals surface area contributed by atoms with Gasteiger partial charge in [0.05, 0.1) is 13.7 Å². The largest absolute Gasteiger partial charge is 0.497 e. The van der Waals surface area contributed by atoms with Crippen LogP contribution in [0, 0.1) is 0 Å². The third kappa shape index (κ3) is 3.52. The van der Waals surface area contributed by atoms with Gasteiger partial charge in [0.15, 0.2) is 0 Å². The Morgan fingerprint density at radius 1 is 1.38 bits per heavy atom. The van der Waals surface area contributed by atoms with Crippen LogP contribution in [0.25, 0.3) is 0 Å². The summed E-state index contributed by atoms with van der Waals surface area (Å²) in [5, 5.41) is 2.68. The fourth-order valence-electron chi connectivity index (χ4n) is 1.16. The number of rotatable bonds is 5. The quantitative estimate of drug-likeness (QED) is 0.768. The lowest BCUT2D eigenvalue weighted by Crippen LogP contribution is -2.39. The average Bonchev–Trinajstić information content (AvgIpc) is 2.30. The maximum atomic E-state index is 11.5. The molecular weight excluding hydrogens is 208 g/mol. The van der Waals surface area contributed by atoms with Crippen molar-refractivity contribution < 1.29 is 14.3 Å². The van der Waals surface area contributed by atoms with E-state index in [0.29, 0.717) is 5.69 Å². The Balaban J connectivity index is 2.55. The van der Waals surface area contributed by atoms with E-state index in [2.05, 4.69) is 5.32 Å². The molecule has 1 amide bonds. The molecule has 1 aromatic rings. The number of amides is 1. The number of benzene rings is 1. The summed E-state index contributed by atoms with van der Waals surface area (Å²) in [5.41, 5.74) is 6.25. The van der Waals surface area contributed by atoms with Crippen molar-refractivity contribution >= 4 is 11.6 Å². The molecule has 5 heteroatoms. The van der Waals surface area contributed by atoms with E-state index < -0.39 is 6.04 Å². The summed E-state index contributed by atoms with van der Waals surface area (Å²) in [6.07, 6.45) is 0. The first-order valence-electron chi connectivity index (χ1n) is 4.87. The Hall–Kier alpha value is -1.59. The van der Waals surface area contributed by atoms with Gasteiger partial charge in [-0.2, -0.15) is 0 Å². The standard InChI is InChI=1S/C11H16N2O3/c1-15-7-10(12)11(14)13-8-3-5-9(16-2)6-4-8/h3-6,10H,7,12H2,1-2H3,(H,13,14). The third-order valence-corrected chi connectivity index (χ3v) is 2.04. The number of hydrogen-bond acceptors (Lipinski definition) is 4. The van der Waals surface area contributed by atoms with Crippen LogP contribution in [0.1, 0.15) is 0 Å². The summed E-state index contributed by atoms with van der Waals surface area (Å²) in [7, 11) is 3.09. The predicted molar refractivity (Wildman–Crippen MR) is 61.5 cm³/mol. The molecule has 1 rings (SSSR count).